The van der Waals surface area contributed by atoms with Crippen LogP contribution in [0.4, 0.5) is 0 Å². The molecule has 0 saturated carbocycles. The summed E-state index contributed by atoms with van der Waals surface area (Å²) in [5.74, 6) is 0. The summed E-state index contributed by atoms with van der Waals surface area (Å²) in [4.78, 5) is 0. The zero-order chi connectivity index (χ0) is 9.07. The summed E-state index contributed by atoms with van der Waals surface area (Å²) in [7, 11) is 0. The Hall–Kier alpha value is 0.986. The third kappa shape index (κ3) is 15.7. The van der Waals surface area contributed by atoms with E-state index in [1.165, 1.54) is 49.5 Å². The van der Waals surface area contributed by atoms with Crippen molar-refractivity contribution in [3.63, 3.8) is 0 Å². The molecule has 0 aliphatic carbocycles. The van der Waals surface area contributed by atoms with E-state index in [9.17, 15) is 0 Å². The maximum atomic E-state index is 2.36. The summed E-state index contributed by atoms with van der Waals surface area (Å²) >= 11 is 2.07. The molecule has 0 fully saturated rings. The Morgan fingerprint density at radius 1 is 0.923 bits per heavy atom. The molecule has 0 aromatic rings. The molecule has 0 radical (unpaired) electrons. The van der Waals surface area contributed by atoms with E-state index >= 15 is 0 Å². The van der Waals surface area contributed by atoms with Crippen LogP contribution in [0.1, 0.15) is 51.9 Å². The zero-order valence-electron chi connectivity index (χ0n) is 8.90. The molecule has 0 unspecified atom stereocenters. The van der Waals surface area contributed by atoms with Gasteiger partial charge in [-0.1, -0.05) is 0 Å². The largest absolute Gasteiger partial charge is 1.00 e. The summed E-state index contributed by atoms with van der Waals surface area (Å²) in [6.45, 7) is 2.26. The minimum Gasteiger partial charge on any atom is -1.00 e. The van der Waals surface area contributed by atoms with Crippen molar-refractivity contribution < 1.29 is 17.0 Å². The predicted molar refractivity (Wildman–Crippen MR) is 57.7 cm³/mol. The Balaban J connectivity index is 0. The molecule has 0 aromatic heterocycles. The van der Waals surface area contributed by atoms with Crippen molar-refractivity contribution in [1.29, 1.82) is 0 Å². The molecule has 0 atom stereocenters. The molecule has 0 rings (SSSR count). The number of rotatable bonds is 8. The summed E-state index contributed by atoms with van der Waals surface area (Å²) < 4.78 is 1.35. The van der Waals surface area contributed by atoms with Gasteiger partial charge in [-0.2, -0.15) is 0 Å². The normalized spacial score (nSPS) is 10.4. The van der Waals surface area contributed by atoms with E-state index in [1.807, 2.05) is 0 Å². The van der Waals surface area contributed by atoms with E-state index in [0.717, 1.165) is 0 Å². The van der Waals surface area contributed by atoms with Crippen LogP contribution in [-0.2, 0) is 0 Å². The molecule has 74 valence electrons. The molecule has 0 amide bonds. The zero-order valence-corrected chi connectivity index (χ0v) is 11.9. The quantitative estimate of drug-likeness (QED) is 0.344. The van der Waals surface area contributed by atoms with E-state index in [4.69, 9.17) is 0 Å². The number of halogens is 1. The Bertz CT molecular complexity index is 102. The number of hydrogen-bond acceptors (Lipinski definition) is 0. The predicted octanol–water partition coefficient (Wildman–Crippen LogP) is 0.884. The van der Waals surface area contributed by atoms with Gasteiger partial charge in [0, 0.05) is 0 Å². The first kappa shape index (κ1) is 16.4. The molecule has 2 heteroatoms. The maximum Gasteiger partial charge on any atom is -1.00 e. The Morgan fingerprint density at radius 3 is 2.08 bits per heavy atom. The van der Waals surface area contributed by atoms with Crippen LogP contribution in [0.25, 0.3) is 0 Å². The van der Waals surface area contributed by atoms with Gasteiger partial charge in [-0.3, -0.25) is 0 Å². The van der Waals surface area contributed by atoms with Gasteiger partial charge in [0.15, 0.2) is 0 Å². The van der Waals surface area contributed by atoms with E-state index in [0.29, 0.717) is 0 Å². The van der Waals surface area contributed by atoms with Gasteiger partial charge in [-0.05, 0) is 0 Å². The van der Waals surface area contributed by atoms with Gasteiger partial charge in [0.25, 0.3) is 0 Å². The minimum absolute atomic E-state index is 0. The molecule has 0 aliphatic rings. The van der Waals surface area contributed by atoms with E-state index in [1.54, 1.807) is 0 Å². The summed E-state index contributed by atoms with van der Waals surface area (Å²) in [6, 6.07) is 0. The van der Waals surface area contributed by atoms with Crippen molar-refractivity contribution in [3.8, 4) is 0 Å². The SMILES string of the molecule is CCCCCC/C=C\CC[CH2][Mg+].[Br-]. The molecule has 0 nitrogen and oxygen atoms in total. The van der Waals surface area contributed by atoms with Gasteiger partial charge in [0.05, 0.1) is 0 Å². The Morgan fingerprint density at radius 2 is 1.54 bits per heavy atom. The smallest absolute Gasteiger partial charge is 1.00 e. The minimum atomic E-state index is 0. The maximum absolute atomic E-state index is 2.36. The molecule has 0 spiro atoms. The summed E-state index contributed by atoms with van der Waals surface area (Å²) in [6.07, 6.45) is 14.2. The van der Waals surface area contributed by atoms with Gasteiger partial charge in [-0.15, -0.1) is 0 Å². The fraction of sp³-hybridized carbons (Fsp3) is 0.818. The first-order valence-corrected chi connectivity index (χ1v) is 6.36. The molecule has 0 heterocycles. The third-order valence-corrected chi connectivity index (χ3v) is 2.51. The molecule has 13 heavy (non-hydrogen) atoms. The molecule has 0 bridgehead atoms. The third-order valence-electron chi connectivity index (χ3n) is 2.01. The molecule has 0 saturated heterocycles. The number of allylic oxidation sites excluding steroid dienone is 2. The average Bonchev–Trinajstić information content (AvgIpc) is 2.10. The second kappa shape index (κ2) is 15.5. The van der Waals surface area contributed by atoms with Crippen molar-refractivity contribution in [2.45, 2.75) is 56.4 Å². The van der Waals surface area contributed by atoms with Crippen molar-refractivity contribution in [3.05, 3.63) is 12.2 Å². The number of unbranched alkanes of at least 4 members (excludes halogenated alkanes) is 5. The van der Waals surface area contributed by atoms with Gasteiger partial charge in [0.2, 0.25) is 0 Å². The molecule has 0 aliphatic heterocycles. The summed E-state index contributed by atoms with van der Waals surface area (Å²) in [5, 5.41) is 0. The summed E-state index contributed by atoms with van der Waals surface area (Å²) in [5.41, 5.74) is 0. The van der Waals surface area contributed by atoms with Crippen LogP contribution in [0.5, 0.6) is 0 Å². The van der Waals surface area contributed by atoms with Gasteiger partial charge in [-0.25, -0.2) is 0 Å². The van der Waals surface area contributed by atoms with Gasteiger partial charge in [0.1, 0.15) is 0 Å². The fourth-order valence-electron chi connectivity index (χ4n) is 1.19. The molecular formula is C11H21BrMg. The molecular weight excluding hydrogens is 236 g/mol. The van der Waals surface area contributed by atoms with E-state index in [-0.39, 0.29) is 17.0 Å². The topological polar surface area (TPSA) is 0 Å². The van der Waals surface area contributed by atoms with Crippen molar-refractivity contribution in [1.82, 2.24) is 0 Å². The molecule has 0 aromatic carbocycles. The Kier molecular flexibility index (Phi) is 19.5. The second-order valence-corrected chi connectivity index (χ2v) is 4.02. The second-order valence-electron chi connectivity index (χ2n) is 3.32. The van der Waals surface area contributed by atoms with Crippen LogP contribution < -0.4 is 17.0 Å². The van der Waals surface area contributed by atoms with Crippen LogP contribution in [0.3, 0.4) is 0 Å². The van der Waals surface area contributed by atoms with E-state index in [2.05, 4.69) is 40.8 Å². The van der Waals surface area contributed by atoms with Crippen LogP contribution in [-0.4, -0.2) is 21.7 Å². The van der Waals surface area contributed by atoms with Crippen molar-refractivity contribution >= 4 is 21.7 Å². The van der Waals surface area contributed by atoms with Crippen LogP contribution >= 0.6 is 0 Å². The Labute approximate surface area is 107 Å². The first-order chi connectivity index (χ1) is 5.91. The standard InChI is InChI=1S/C11H21.BrH.Mg/c1-3-5-7-9-11-10-8-6-4-2;;/h7,9H,1,3-6,8,10-11H2,2H3;1H;/q;;+1/p-1/b9-7-;;. The monoisotopic (exact) mass is 256 g/mol. The van der Waals surface area contributed by atoms with Gasteiger partial charge >= 0.3 is 90.3 Å². The van der Waals surface area contributed by atoms with Gasteiger partial charge < -0.3 is 17.0 Å². The van der Waals surface area contributed by atoms with Crippen LogP contribution in [0.2, 0.25) is 4.55 Å². The average molecular weight is 257 g/mol. The van der Waals surface area contributed by atoms with E-state index < -0.39 is 0 Å². The van der Waals surface area contributed by atoms with Crippen molar-refractivity contribution in [2.75, 3.05) is 0 Å². The molecule has 0 N–H and O–H groups in total. The van der Waals surface area contributed by atoms with Crippen LogP contribution in [0, 0.1) is 0 Å². The first-order valence-electron chi connectivity index (χ1n) is 5.36. The van der Waals surface area contributed by atoms with Crippen LogP contribution in [0.15, 0.2) is 12.2 Å². The number of hydrogen-bond donors (Lipinski definition) is 0. The van der Waals surface area contributed by atoms with Crippen molar-refractivity contribution in [2.24, 2.45) is 0 Å². The fourth-order valence-corrected chi connectivity index (χ4v) is 1.48.